The fourth-order valence-electron chi connectivity index (χ4n) is 3.88. The average Bonchev–Trinajstić information content (AvgIpc) is 2.83. The molecule has 0 saturated carbocycles. The van der Waals surface area contributed by atoms with Gasteiger partial charge < -0.3 is 21.7 Å². The maximum absolute atomic E-state index is 13.0. The second-order valence-electron chi connectivity index (χ2n) is 8.17. The molecule has 7 nitrogen and oxygen atoms in total. The highest BCUT2D eigenvalue weighted by Gasteiger charge is 2.32. The minimum atomic E-state index is -4.61. The Morgan fingerprint density at radius 1 is 1.17 bits per heavy atom. The highest BCUT2D eigenvalue weighted by molar-refractivity contribution is 7.99. The van der Waals surface area contributed by atoms with Crippen LogP contribution >= 0.6 is 11.8 Å². The first-order valence-corrected chi connectivity index (χ1v) is 12.4. The first-order chi connectivity index (χ1) is 16.7. The molecule has 0 spiro atoms. The van der Waals surface area contributed by atoms with Crippen LogP contribution < -0.4 is 27.0 Å². The lowest BCUT2D eigenvalue weighted by atomic mass is 10.00. The van der Waals surface area contributed by atoms with Gasteiger partial charge in [-0.2, -0.15) is 13.2 Å². The summed E-state index contributed by atoms with van der Waals surface area (Å²) in [6.07, 6.45) is -3.81. The van der Waals surface area contributed by atoms with E-state index in [1.54, 1.807) is 11.8 Å². The van der Waals surface area contributed by atoms with Crippen LogP contribution in [0.2, 0.25) is 0 Å². The lowest BCUT2D eigenvalue weighted by molar-refractivity contribution is -0.137. The van der Waals surface area contributed by atoms with Crippen molar-refractivity contribution in [1.29, 1.82) is 0 Å². The van der Waals surface area contributed by atoms with Crippen LogP contribution in [-0.4, -0.2) is 49.3 Å². The lowest BCUT2D eigenvalue weighted by Crippen LogP contribution is -2.60. The van der Waals surface area contributed by atoms with E-state index in [-0.39, 0.29) is 35.3 Å². The van der Waals surface area contributed by atoms with Crippen molar-refractivity contribution in [1.82, 2.24) is 21.3 Å². The molecule has 3 unspecified atom stereocenters. The molecule has 1 aliphatic heterocycles. The van der Waals surface area contributed by atoms with Crippen LogP contribution in [-0.2, 0) is 11.0 Å². The largest absolute Gasteiger partial charge is 0.416 e. The fraction of sp³-hybridized carbons (Fsp3) is 0.417. The van der Waals surface area contributed by atoms with Gasteiger partial charge in [0.1, 0.15) is 0 Å². The Morgan fingerprint density at radius 2 is 1.91 bits per heavy atom. The number of amides is 2. The summed E-state index contributed by atoms with van der Waals surface area (Å²) in [6.45, 7) is 3.05. The van der Waals surface area contributed by atoms with Crippen molar-refractivity contribution in [3.05, 3.63) is 65.2 Å². The number of anilines is 1. The third-order valence-electron chi connectivity index (χ3n) is 5.66. The van der Waals surface area contributed by atoms with Gasteiger partial charge in [0.15, 0.2) is 0 Å². The monoisotopic (exact) mass is 509 g/mol. The van der Waals surface area contributed by atoms with Crippen molar-refractivity contribution < 1.29 is 22.8 Å². The van der Waals surface area contributed by atoms with Gasteiger partial charge in [-0.1, -0.05) is 37.3 Å². The van der Waals surface area contributed by atoms with E-state index in [4.69, 9.17) is 5.73 Å². The molecule has 1 aliphatic rings. The molecule has 0 bridgehead atoms. The van der Waals surface area contributed by atoms with Gasteiger partial charge in [-0.05, 0) is 42.5 Å². The van der Waals surface area contributed by atoms with Crippen molar-refractivity contribution in [3.63, 3.8) is 0 Å². The first kappa shape index (κ1) is 26.8. The predicted molar refractivity (Wildman–Crippen MR) is 132 cm³/mol. The number of halogens is 3. The minimum absolute atomic E-state index is 0.000677. The number of nitrogens with two attached hydrogens (primary N) is 1. The molecule has 6 N–H and O–H groups in total. The van der Waals surface area contributed by atoms with E-state index in [0.717, 1.165) is 36.4 Å². The molecule has 35 heavy (non-hydrogen) atoms. The number of rotatable bonds is 9. The number of carbonyl (C=O) groups is 2. The molecule has 0 aromatic heterocycles. The molecular weight excluding hydrogens is 479 g/mol. The molecule has 3 atom stereocenters. The zero-order valence-corrected chi connectivity index (χ0v) is 20.1. The van der Waals surface area contributed by atoms with E-state index < -0.39 is 23.6 Å². The lowest BCUT2D eigenvalue weighted by Gasteiger charge is -2.36. The van der Waals surface area contributed by atoms with E-state index in [0.29, 0.717) is 12.6 Å². The molecule has 3 rings (SSSR count). The van der Waals surface area contributed by atoms with Crippen LogP contribution in [0.15, 0.2) is 48.5 Å². The Morgan fingerprint density at radius 3 is 2.60 bits per heavy atom. The Hall–Kier alpha value is -2.76. The van der Waals surface area contributed by atoms with Crippen LogP contribution in [0.1, 0.15) is 40.2 Å². The third-order valence-corrected chi connectivity index (χ3v) is 6.74. The van der Waals surface area contributed by atoms with Gasteiger partial charge in [0, 0.05) is 18.3 Å². The first-order valence-electron chi connectivity index (χ1n) is 11.4. The number of alkyl halides is 3. The fourth-order valence-corrected chi connectivity index (χ4v) is 4.84. The summed E-state index contributed by atoms with van der Waals surface area (Å²) in [5.74, 6) is -0.369. The number of hydrogen-bond acceptors (Lipinski definition) is 6. The quantitative estimate of drug-likeness (QED) is 0.263. The molecule has 11 heteroatoms. The molecule has 2 aromatic rings. The number of nitrogen functional groups attached to an aromatic ring is 1. The number of piperidine rings is 1. The van der Waals surface area contributed by atoms with Gasteiger partial charge in [-0.25, -0.2) is 0 Å². The smallest absolute Gasteiger partial charge is 0.398 e. The van der Waals surface area contributed by atoms with Gasteiger partial charge in [-0.3, -0.25) is 14.9 Å². The van der Waals surface area contributed by atoms with Crippen molar-refractivity contribution in [3.8, 4) is 0 Å². The van der Waals surface area contributed by atoms with Crippen LogP contribution in [0.3, 0.4) is 0 Å². The Bertz CT molecular complexity index is 1010. The number of carbonyl (C=O) groups excluding carboxylic acids is 2. The van der Waals surface area contributed by atoms with E-state index >= 15 is 0 Å². The summed E-state index contributed by atoms with van der Waals surface area (Å²) in [5.41, 5.74) is 5.42. The van der Waals surface area contributed by atoms with Gasteiger partial charge in [0.05, 0.1) is 29.1 Å². The molecule has 0 radical (unpaired) electrons. The van der Waals surface area contributed by atoms with Crippen molar-refractivity contribution in [2.75, 3.05) is 31.1 Å². The van der Waals surface area contributed by atoms with E-state index in [1.807, 2.05) is 18.2 Å². The predicted octanol–water partition coefficient (Wildman–Crippen LogP) is 2.91. The zero-order valence-electron chi connectivity index (χ0n) is 19.3. The number of nitrogens with one attached hydrogen (secondary N) is 4. The topological polar surface area (TPSA) is 108 Å². The van der Waals surface area contributed by atoms with E-state index in [9.17, 15) is 22.8 Å². The van der Waals surface area contributed by atoms with Crippen LogP contribution in [0.5, 0.6) is 0 Å². The average molecular weight is 510 g/mol. The molecule has 0 aliphatic carbocycles. The Labute approximate surface area is 206 Å². The van der Waals surface area contributed by atoms with Gasteiger partial charge in [0.2, 0.25) is 5.91 Å². The summed E-state index contributed by atoms with van der Waals surface area (Å²) in [7, 11) is 0. The SMILES string of the molecule is CCSC(NC1CCNCC1NC(=O)CNC(=O)c1cc(C(F)(F)F)ccc1N)c1ccccc1. The maximum Gasteiger partial charge on any atom is 0.416 e. The van der Waals surface area contributed by atoms with Gasteiger partial charge >= 0.3 is 6.18 Å². The summed E-state index contributed by atoms with van der Waals surface area (Å²) in [5, 5.41) is 12.3. The van der Waals surface area contributed by atoms with E-state index in [1.165, 1.54) is 0 Å². The minimum Gasteiger partial charge on any atom is -0.398 e. The normalized spacial score (nSPS) is 19.1. The Balaban J connectivity index is 1.59. The maximum atomic E-state index is 13.0. The second-order valence-corrected chi connectivity index (χ2v) is 9.55. The molecule has 2 aromatic carbocycles. The van der Waals surface area contributed by atoms with Crippen LogP contribution in [0.4, 0.5) is 18.9 Å². The molecule has 2 amide bonds. The molecule has 190 valence electrons. The van der Waals surface area contributed by atoms with Crippen molar-refractivity contribution >= 4 is 29.3 Å². The van der Waals surface area contributed by atoms with Gasteiger partial charge in [0.25, 0.3) is 5.91 Å². The van der Waals surface area contributed by atoms with Crippen LogP contribution in [0.25, 0.3) is 0 Å². The zero-order chi connectivity index (χ0) is 25.4. The Kier molecular flexibility index (Phi) is 9.41. The molecule has 1 heterocycles. The summed E-state index contributed by atoms with van der Waals surface area (Å²) < 4.78 is 38.9. The summed E-state index contributed by atoms with van der Waals surface area (Å²) in [4.78, 5) is 25.0. The van der Waals surface area contributed by atoms with E-state index in [2.05, 4.69) is 40.3 Å². The third kappa shape index (κ3) is 7.61. The summed E-state index contributed by atoms with van der Waals surface area (Å²) >= 11 is 1.77. The van der Waals surface area contributed by atoms with Crippen molar-refractivity contribution in [2.24, 2.45) is 0 Å². The summed E-state index contributed by atoms with van der Waals surface area (Å²) in [6, 6.07) is 12.3. The van der Waals surface area contributed by atoms with Crippen molar-refractivity contribution in [2.45, 2.75) is 37.0 Å². The number of hydrogen-bond donors (Lipinski definition) is 5. The highest BCUT2D eigenvalue weighted by atomic mass is 32.2. The molecule has 1 fully saturated rings. The van der Waals surface area contributed by atoms with Crippen LogP contribution in [0, 0.1) is 0 Å². The standard InChI is InChI=1S/C24H30F3N5O2S/c1-2-35-23(15-6-4-3-5-7-15)32-19-10-11-29-13-20(19)31-21(33)14-30-22(34)17-12-16(24(25,26)27)8-9-18(17)28/h3-9,12,19-20,23,29,32H,2,10-11,13-14,28H2,1H3,(H,30,34)(H,31,33). The molecular formula is C24H30F3N5O2S. The number of thioether (sulfide) groups is 1. The van der Waals surface area contributed by atoms with Gasteiger partial charge in [-0.15, -0.1) is 11.8 Å². The molecule has 1 saturated heterocycles. The second kappa shape index (κ2) is 12.3. The number of benzene rings is 2. The highest BCUT2D eigenvalue weighted by Crippen LogP contribution is 2.31.